The van der Waals surface area contributed by atoms with Gasteiger partial charge in [0.25, 0.3) is 0 Å². The van der Waals surface area contributed by atoms with Crippen LogP contribution in [0.15, 0.2) is 78.9 Å². The van der Waals surface area contributed by atoms with Crippen molar-refractivity contribution in [2.75, 3.05) is 33.4 Å². The minimum atomic E-state index is -1.34. The first kappa shape index (κ1) is 28.3. The second-order valence-corrected chi connectivity index (χ2v) is 10.7. The van der Waals surface area contributed by atoms with Crippen LogP contribution in [0.5, 0.6) is 0 Å². The first-order valence-corrected chi connectivity index (χ1v) is 13.8. The summed E-state index contributed by atoms with van der Waals surface area (Å²) in [5.41, 5.74) is 4.10. The molecule has 214 valence electrons. The van der Waals surface area contributed by atoms with Crippen LogP contribution < -0.4 is 10.6 Å². The average molecular weight is 558 g/mol. The number of hydrogen-bond acceptors (Lipinski definition) is 6. The van der Waals surface area contributed by atoms with E-state index in [-0.39, 0.29) is 45.1 Å². The van der Waals surface area contributed by atoms with Crippen LogP contribution in [0, 0.1) is 0 Å². The molecule has 1 fully saturated rings. The molecule has 0 saturated carbocycles. The van der Waals surface area contributed by atoms with Crippen LogP contribution in [0.3, 0.4) is 0 Å². The number of amides is 2. The van der Waals surface area contributed by atoms with Gasteiger partial charge in [-0.3, -0.25) is 9.69 Å². The third kappa shape index (κ3) is 6.42. The summed E-state index contributed by atoms with van der Waals surface area (Å²) >= 11 is 0. The maximum atomic E-state index is 13.6. The van der Waals surface area contributed by atoms with E-state index in [4.69, 9.17) is 9.47 Å². The van der Waals surface area contributed by atoms with Crippen LogP contribution in [0.4, 0.5) is 4.79 Å². The highest BCUT2D eigenvalue weighted by Crippen LogP contribution is 2.44. The highest BCUT2D eigenvalue weighted by atomic mass is 16.5. The first-order valence-electron chi connectivity index (χ1n) is 13.8. The number of nitrogens with zero attached hydrogens (tertiary/aromatic N) is 1. The number of alkyl carbamates (subject to hydrolysis) is 1. The molecule has 5 rings (SSSR count). The first-order chi connectivity index (χ1) is 19.9. The number of rotatable bonds is 10. The van der Waals surface area contributed by atoms with Gasteiger partial charge in [-0.2, -0.15) is 0 Å². The lowest BCUT2D eigenvalue weighted by Gasteiger charge is -2.37. The van der Waals surface area contributed by atoms with Gasteiger partial charge in [-0.15, -0.1) is 0 Å². The molecule has 1 heterocycles. The molecule has 0 aromatic heterocycles. The third-order valence-electron chi connectivity index (χ3n) is 7.86. The van der Waals surface area contributed by atoms with Gasteiger partial charge in [-0.25, -0.2) is 9.59 Å². The Morgan fingerprint density at radius 2 is 1.54 bits per heavy atom. The number of aliphatic carboxylic acids is 1. The Morgan fingerprint density at radius 1 is 0.951 bits per heavy atom. The Labute approximate surface area is 239 Å². The van der Waals surface area contributed by atoms with Gasteiger partial charge < -0.3 is 25.2 Å². The van der Waals surface area contributed by atoms with Crippen LogP contribution >= 0.6 is 0 Å². The molecular weight excluding hydrogens is 522 g/mol. The number of hydrogen-bond donors (Lipinski definition) is 3. The molecule has 3 aromatic rings. The lowest BCUT2D eigenvalue weighted by atomic mass is 9.88. The van der Waals surface area contributed by atoms with Crippen molar-refractivity contribution in [3.05, 3.63) is 95.6 Å². The van der Waals surface area contributed by atoms with Gasteiger partial charge in [0.1, 0.15) is 18.2 Å². The molecule has 2 amide bonds. The Balaban J connectivity index is 1.24. The molecule has 1 saturated heterocycles. The van der Waals surface area contributed by atoms with E-state index in [9.17, 15) is 19.5 Å². The van der Waals surface area contributed by atoms with E-state index in [1.54, 1.807) is 7.05 Å². The van der Waals surface area contributed by atoms with Gasteiger partial charge in [0.15, 0.2) is 0 Å². The van der Waals surface area contributed by atoms with Gasteiger partial charge >= 0.3 is 12.1 Å². The zero-order chi connectivity index (χ0) is 28.8. The van der Waals surface area contributed by atoms with E-state index in [1.807, 2.05) is 71.6 Å². The summed E-state index contributed by atoms with van der Waals surface area (Å²) in [5, 5.41) is 15.3. The summed E-state index contributed by atoms with van der Waals surface area (Å²) < 4.78 is 11.2. The molecule has 9 heteroatoms. The minimum Gasteiger partial charge on any atom is -0.480 e. The van der Waals surface area contributed by atoms with Crippen molar-refractivity contribution < 1.29 is 29.0 Å². The smallest absolute Gasteiger partial charge is 0.408 e. The van der Waals surface area contributed by atoms with E-state index < -0.39 is 29.6 Å². The molecular formula is C32H35N3O6. The molecule has 1 aliphatic carbocycles. The molecule has 3 N–H and O–H groups in total. The minimum absolute atomic E-state index is 0.0908. The van der Waals surface area contributed by atoms with Crippen molar-refractivity contribution in [3.8, 4) is 11.1 Å². The van der Waals surface area contributed by atoms with Crippen molar-refractivity contribution in [3.63, 3.8) is 0 Å². The summed E-state index contributed by atoms with van der Waals surface area (Å²) in [6.45, 7) is 1.23. The normalized spacial score (nSPS) is 16.3. The number of likely N-dealkylation sites (N-methyl/N-ethyl adjacent to an activating group) is 1. The number of carbonyl (C=O) groups excluding carboxylic acids is 2. The van der Waals surface area contributed by atoms with Gasteiger partial charge in [-0.05, 0) is 34.9 Å². The fraction of sp³-hybridized carbons (Fsp3) is 0.344. The predicted molar refractivity (Wildman–Crippen MR) is 153 cm³/mol. The fourth-order valence-electron chi connectivity index (χ4n) is 5.71. The maximum absolute atomic E-state index is 13.6. The number of ether oxygens (including phenoxy) is 2. The van der Waals surface area contributed by atoms with Gasteiger partial charge in [0.05, 0.1) is 0 Å². The van der Waals surface area contributed by atoms with E-state index in [2.05, 4.69) is 22.8 Å². The van der Waals surface area contributed by atoms with E-state index in [0.717, 1.165) is 27.8 Å². The monoisotopic (exact) mass is 557 g/mol. The Morgan fingerprint density at radius 3 is 2.15 bits per heavy atom. The zero-order valence-electron chi connectivity index (χ0n) is 23.0. The van der Waals surface area contributed by atoms with Crippen molar-refractivity contribution in [1.29, 1.82) is 0 Å². The van der Waals surface area contributed by atoms with Crippen molar-refractivity contribution >= 4 is 18.0 Å². The molecule has 1 atom stereocenters. The van der Waals surface area contributed by atoms with Crippen LogP contribution in [-0.4, -0.2) is 73.0 Å². The van der Waals surface area contributed by atoms with Crippen LogP contribution in [0.1, 0.15) is 35.4 Å². The Hall–Kier alpha value is -4.21. The standard InChI is InChI=1S/C32H35N3O6/c1-35(19-22-9-3-2-4-10-22)20-28(29(36)37)33-30(38)32(15-17-40-18-16-32)34-31(39)41-21-27-25-13-7-5-11-23(25)24-12-6-8-14-26(24)27/h2-14,27-28H,15-21H2,1H3,(H,33,38)(H,34,39)(H,36,37). The maximum Gasteiger partial charge on any atom is 0.408 e. The van der Waals surface area contributed by atoms with E-state index in [0.29, 0.717) is 6.54 Å². The van der Waals surface area contributed by atoms with Gasteiger partial charge in [-0.1, -0.05) is 78.9 Å². The topological polar surface area (TPSA) is 117 Å². The second-order valence-electron chi connectivity index (χ2n) is 10.7. The fourth-order valence-corrected chi connectivity index (χ4v) is 5.71. The lowest BCUT2D eigenvalue weighted by Crippen LogP contribution is -2.64. The molecule has 3 aromatic carbocycles. The number of carboxylic acids is 1. The molecule has 1 unspecified atom stereocenters. The summed E-state index contributed by atoms with van der Waals surface area (Å²) in [6, 6.07) is 24.6. The quantitative estimate of drug-likeness (QED) is 0.347. The Bertz CT molecular complexity index is 1340. The number of carboxylic acid groups (broad SMARTS) is 1. The van der Waals surface area contributed by atoms with Gasteiger partial charge in [0.2, 0.25) is 5.91 Å². The van der Waals surface area contributed by atoms with E-state index >= 15 is 0 Å². The average Bonchev–Trinajstić information content (AvgIpc) is 3.30. The van der Waals surface area contributed by atoms with Crippen LogP contribution in [-0.2, 0) is 25.6 Å². The molecule has 2 aliphatic rings. The summed E-state index contributed by atoms with van der Waals surface area (Å²) in [7, 11) is 1.80. The second kappa shape index (κ2) is 12.5. The number of carbonyl (C=O) groups is 3. The zero-order valence-corrected chi connectivity index (χ0v) is 23.0. The van der Waals surface area contributed by atoms with Crippen molar-refractivity contribution in [2.24, 2.45) is 0 Å². The molecule has 9 nitrogen and oxygen atoms in total. The number of fused-ring (bicyclic) bond motifs is 3. The largest absolute Gasteiger partial charge is 0.480 e. The SMILES string of the molecule is CN(Cc1ccccc1)CC(NC(=O)C1(NC(=O)OCC2c3ccccc3-c3ccccc32)CCOCC1)C(=O)O. The summed E-state index contributed by atoms with van der Waals surface area (Å²) in [6.07, 6.45) is -0.318. The third-order valence-corrected chi connectivity index (χ3v) is 7.86. The Kier molecular flexibility index (Phi) is 8.66. The lowest BCUT2D eigenvalue weighted by molar-refractivity contribution is -0.144. The van der Waals surface area contributed by atoms with Crippen LogP contribution in [0.25, 0.3) is 11.1 Å². The molecule has 0 radical (unpaired) electrons. The van der Waals surface area contributed by atoms with Crippen molar-refractivity contribution in [2.45, 2.75) is 36.9 Å². The highest BCUT2D eigenvalue weighted by molar-refractivity contribution is 5.93. The van der Waals surface area contributed by atoms with Crippen molar-refractivity contribution in [1.82, 2.24) is 15.5 Å². The van der Waals surface area contributed by atoms with E-state index in [1.165, 1.54) is 0 Å². The number of nitrogens with one attached hydrogen (secondary N) is 2. The summed E-state index contributed by atoms with van der Waals surface area (Å²) in [4.78, 5) is 40.6. The molecule has 1 aliphatic heterocycles. The number of benzene rings is 3. The molecule has 0 bridgehead atoms. The molecule has 0 spiro atoms. The predicted octanol–water partition coefficient (Wildman–Crippen LogP) is 3.78. The van der Waals surface area contributed by atoms with Crippen LogP contribution in [0.2, 0.25) is 0 Å². The summed E-state index contributed by atoms with van der Waals surface area (Å²) in [5.74, 6) is -1.83. The molecule has 41 heavy (non-hydrogen) atoms. The van der Waals surface area contributed by atoms with Gasteiger partial charge in [0, 0.05) is 45.1 Å². The highest BCUT2D eigenvalue weighted by Gasteiger charge is 2.43.